The highest BCUT2D eigenvalue weighted by molar-refractivity contribution is 9.10. The zero-order chi connectivity index (χ0) is 16.4. The first-order valence-electron chi connectivity index (χ1n) is 7.47. The Morgan fingerprint density at radius 2 is 2.09 bits per heavy atom. The monoisotopic (exact) mass is 375 g/mol. The lowest BCUT2D eigenvalue weighted by Crippen LogP contribution is -2.40. The number of primary amides is 1. The fourth-order valence-electron chi connectivity index (χ4n) is 2.97. The van der Waals surface area contributed by atoms with Crippen LogP contribution in [0.2, 0.25) is 0 Å². The van der Waals surface area contributed by atoms with E-state index in [0.717, 1.165) is 17.9 Å². The largest absolute Gasteiger partial charge is 0.440 e. The molecule has 1 amide bonds. The number of amides is 1. The van der Waals surface area contributed by atoms with Gasteiger partial charge in [0.25, 0.3) is 0 Å². The van der Waals surface area contributed by atoms with Crippen LogP contribution in [0, 0.1) is 0 Å². The molecular weight excluding hydrogens is 358 g/mol. The molecule has 1 aromatic heterocycles. The van der Waals surface area contributed by atoms with Crippen molar-refractivity contribution in [3.05, 3.63) is 58.3 Å². The Kier molecular flexibility index (Phi) is 4.52. The van der Waals surface area contributed by atoms with Gasteiger partial charge >= 0.3 is 6.09 Å². The number of ether oxygens (including phenoxy) is 1. The van der Waals surface area contributed by atoms with Gasteiger partial charge in [-0.3, -0.25) is 0 Å². The van der Waals surface area contributed by atoms with E-state index in [-0.39, 0.29) is 6.04 Å². The van der Waals surface area contributed by atoms with Crippen molar-refractivity contribution in [1.29, 1.82) is 0 Å². The average molecular weight is 376 g/mol. The van der Waals surface area contributed by atoms with E-state index >= 15 is 0 Å². The first-order chi connectivity index (χ1) is 11.0. The molecule has 120 valence electrons. The van der Waals surface area contributed by atoms with Crippen LogP contribution in [-0.4, -0.2) is 17.1 Å². The number of aromatic nitrogens is 1. The number of anilines is 1. The second-order valence-corrected chi connectivity index (χ2v) is 6.47. The van der Waals surface area contributed by atoms with Crippen LogP contribution in [0.4, 0.5) is 10.5 Å². The summed E-state index contributed by atoms with van der Waals surface area (Å²) in [5.41, 5.74) is 8.15. The van der Waals surface area contributed by atoms with Gasteiger partial charge in [-0.15, -0.1) is 0 Å². The fraction of sp³-hybridized carbons (Fsp3) is 0.294. The zero-order valence-electron chi connectivity index (χ0n) is 12.8. The third-order valence-electron chi connectivity index (χ3n) is 4.02. The number of halogens is 1. The minimum absolute atomic E-state index is 0.204. The van der Waals surface area contributed by atoms with Crippen LogP contribution in [-0.2, 0) is 11.3 Å². The first kappa shape index (κ1) is 15.8. The standard InChI is InChI=1S/C17H18BrN3O2/c1-11-9-14(23-17(19)22)16-13(7-8-15(18)20-16)21(11)10-12-5-3-2-4-6-12/h2-8,11,14H,9-10H2,1H3,(H2,19,22). The molecule has 0 spiro atoms. The van der Waals surface area contributed by atoms with Crippen LogP contribution in [0.1, 0.15) is 30.7 Å². The summed E-state index contributed by atoms with van der Waals surface area (Å²) in [5.74, 6) is 0. The molecule has 0 aliphatic carbocycles. The SMILES string of the molecule is CC1CC(OC(N)=O)c2nc(Br)ccc2N1Cc1ccccc1. The maximum absolute atomic E-state index is 11.2. The van der Waals surface area contributed by atoms with Crippen LogP contribution in [0.5, 0.6) is 0 Å². The van der Waals surface area contributed by atoms with Gasteiger partial charge in [-0.2, -0.15) is 0 Å². The lowest BCUT2D eigenvalue weighted by molar-refractivity contribution is 0.0908. The summed E-state index contributed by atoms with van der Waals surface area (Å²) in [6.45, 7) is 2.90. The molecule has 5 nitrogen and oxygen atoms in total. The predicted molar refractivity (Wildman–Crippen MR) is 92.1 cm³/mol. The Morgan fingerprint density at radius 3 is 2.78 bits per heavy atom. The molecule has 0 fully saturated rings. The number of nitrogens with zero attached hydrogens (tertiary/aromatic N) is 2. The number of hydrogen-bond donors (Lipinski definition) is 1. The molecule has 2 atom stereocenters. The molecule has 1 aliphatic heterocycles. The van der Waals surface area contributed by atoms with E-state index in [2.05, 4.69) is 44.9 Å². The molecule has 1 aliphatic rings. The van der Waals surface area contributed by atoms with Crippen LogP contribution < -0.4 is 10.6 Å². The Bertz CT molecular complexity index is 708. The van der Waals surface area contributed by atoms with Crippen molar-refractivity contribution in [3.8, 4) is 0 Å². The average Bonchev–Trinajstić information content (AvgIpc) is 2.52. The second-order valence-electron chi connectivity index (χ2n) is 5.66. The molecule has 0 saturated carbocycles. The zero-order valence-corrected chi connectivity index (χ0v) is 14.4. The highest BCUT2D eigenvalue weighted by Gasteiger charge is 2.33. The Morgan fingerprint density at radius 1 is 1.35 bits per heavy atom. The van der Waals surface area contributed by atoms with Gasteiger partial charge in [-0.1, -0.05) is 30.3 Å². The van der Waals surface area contributed by atoms with Gasteiger partial charge in [-0.05, 0) is 40.5 Å². The molecule has 2 aromatic rings. The van der Waals surface area contributed by atoms with Gasteiger partial charge in [0, 0.05) is 19.0 Å². The van der Waals surface area contributed by atoms with Gasteiger partial charge < -0.3 is 15.4 Å². The number of carbonyl (C=O) groups is 1. The summed E-state index contributed by atoms with van der Waals surface area (Å²) in [4.78, 5) is 18.0. The first-order valence-corrected chi connectivity index (χ1v) is 8.27. The number of benzene rings is 1. The summed E-state index contributed by atoms with van der Waals surface area (Å²) in [7, 11) is 0. The van der Waals surface area contributed by atoms with E-state index in [1.165, 1.54) is 5.56 Å². The lowest BCUT2D eigenvalue weighted by atomic mass is 9.97. The highest BCUT2D eigenvalue weighted by Crippen LogP contribution is 2.39. The van der Waals surface area contributed by atoms with E-state index in [0.29, 0.717) is 11.0 Å². The van der Waals surface area contributed by atoms with Crippen molar-refractivity contribution in [2.45, 2.75) is 32.0 Å². The van der Waals surface area contributed by atoms with Gasteiger partial charge in [0.2, 0.25) is 0 Å². The van der Waals surface area contributed by atoms with Crippen LogP contribution in [0.15, 0.2) is 47.1 Å². The maximum atomic E-state index is 11.2. The second kappa shape index (κ2) is 6.58. The third kappa shape index (κ3) is 3.47. The number of hydrogen-bond acceptors (Lipinski definition) is 4. The molecule has 0 bridgehead atoms. The number of nitrogens with two attached hydrogens (primary N) is 1. The number of pyridine rings is 1. The van der Waals surface area contributed by atoms with E-state index in [4.69, 9.17) is 10.5 Å². The summed E-state index contributed by atoms with van der Waals surface area (Å²) in [6.07, 6.45) is -0.528. The van der Waals surface area contributed by atoms with Crippen molar-refractivity contribution < 1.29 is 9.53 Å². The molecule has 0 radical (unpaired) electrons. The van der Waals surface area contributed by atoms with Crippen LogP contribution >= 0.6 is 15.9 Å². The molecule has 23 heavy (non-hydrogen) atoms. The molecule has 2 unspecified atom stereocenters. The topological polar surface area (TPSA) is 68.5 Å². The van der Waals surface area contributed by atoms with Crippen molar-refractivity contribution in [2.75, 3.05) is 4.90 Å². The van der Waals surface area contributed by atoms with Gasteiger partial charge in [0.05, 0.1) is 5.69 Å². The fourth-order valence-corrected chi connectivity index (χ4v) is 3.30. The third-order valence-corrected chi connectivity index (χ3v) is 4.47. The minimum Gasteiger partial charge on any atom is -0.440 e. The van der Waals surface area contributed by atoms with Gasteiger partial charge in [0.1, 0.15) is 16.4 Å². The van der Waals surface area contributed by atoms with Crippen molar-refractivity contribution in [2.24, 2.45) is 5.73 Å². The smallest absolute Gasteiger partial charge is 0.405 e. The number of rotatable bonds is 3. The number of fused-ring (bicyclic) bond motifs is 1. The lowest BCUT2D eigenvalue weighted by Gasteiger charge is -2.39. The highest BCUT2D eigenvalue weighted by atomic mass is 79.9. The molecule has 2 N–H and O–H groups in total. The summed E-state index contributed by atoms with van der Waals surface area (Å²) in [6, 6.07) is 14.4. The van der Waals surface area contributed by atoms with Crippen LogP contribution in [0.25, 0.3) is 0 Å². The van der Waals surface area contributed by atoms with Gasteiger partial charge in [-0.25, -0.2) is 9.78 Å². The van der Waals surface area contributed by atoms with Gasteiger partial charge in [0.15, 0.2) is 0 Å². The summed E-state index contributed by atoms with van der Waals surface area (Å²) < 4.78 is 5.98. The summed E-state index contributed by atoms with van der Waals surface area (Å²) >= 11 is 3.38. The molecule has 3 rings (SSSR count). The molecule has 2 heterocycles. The molecular formula is C17H18BrN3O2. The molecule has 0 saturated heterocycles. The minimum atomic E-state index is -0.772. The normalized spacial score (nSPS) is 20.0. The van der Waals surface area contributed by atoms with E-state index in [1.54, 1.807) is 0 Å². The quantitative estimate of drug-likeness (QED) is 0.828. The predicted octanol–water partition coefficient (Wildman–Crippen LogP) is 3.78. The van der Waals surface area contributed by atoms with Crippen molar-refractivity contribution in [3.63, 3.8) is 0 Å². The molecule has 6 heteroatoms. The number of carbonyl (C=O) groups excluding carboxylic acids is 1. The Hall–Kier alpha value is -2.08. The Balaban J connectivity index is 1.96. The van der Waals surface area contributed by atoms with Crippen LogP contribution in [0.3, 0.4) is 0 Å². The van der Waals surface area contributed by atoms with E-state index in [9.17, 15) is 4.79 Å². The van der Waals surface area contributed by atoms with Crippen molar-refractivity contribution >= 4 is 27.7 Å². The molecule has 1 aromatic carbocycles. The maximum Gasteiger partial charge on any atom is 0.405 e. The van der Waals surface area contributed by atoms with E-state index in [1.807, 2.05) is 30.3 Å². The van der Waals surface area contributed by atoms with E-state index < -0.39 is 12.2 Å². The Labute approximate surface area is 143 Å². The summed E-state index contributed by atoms with van der Waals surface area (Å²) in [5, 5.41) is 0. The van der Waals surface area contributed by atoms with Crippen molar-refractivity contribution in [1.82, 2.24) is 4.98 Å².